The minimum absolute atomic E-state index is 0. The van der Waals surface area contributed by atoms with E-state index in [2.05, 4.69) is 22.0 Å². The van der Waals surface area contributed by atoms with E-state index in [-0.39, 0.29) is 96.8 Å². The highest BCUT2D eigenvalue weighted by molar-refractivity contribution is 7.59. The zero-order valence-electron chi connectivity index (χ0n) is 23.9. The van der Waals surface area contributed by atoms with Crippen LogP contribution in [0.15, 0.2) is 24.3 Å². The third kappa shape index (κ3) is 8.95. The normalized spacial score (nSPS) is 22.8. The van der Waals surface area contributed by atoms with E-state index in [0.717, 1.165) is 38.4 Å². The molecule has 9 nitrogen and oxygen atoms in total. The maximum absolute atomic E-state index is 13.6. The monoisotopic (exact) mass is 636 g/mol. The van der Waals surface area contributed by atoms with Gasteiger partial charge in [-0.15, -0.1) is 0 Å². The van der Waals surface area contributed by atoms with E-state index in [1.54, 1.807) is 12.0 Å². The number of anilines is 1. The number of hydrogen-bond donors (Lipinski definition) is 1. The average Bonchev–Trinajstić information content (AvgIpc) is 3.44. The van der Waals surface area contributed by atoms with Gasteiger partial charge in [0.2, 0.25) is 5.91 Å². The van der Waals surface area contributed by atoms with E-state index in [0.29, 0.717) is 12.0 Å². The molecule has 3 saturated heterocycles. The number of piperazine rings is 1. The minimum atomic E-state index is -0.728. The number of nitrogens with zero attached hydrogens (tertiary/aromatic N) is 3. The van der Waals surface area contributed by atoms with Crippen molar-refractivity contribution in [3.05, 3.63) is 29.8 Å². The highest BCUT2D eigenvalue weighted by Gasteiger charge is 2.53. The number of carbonyl (C=O) groups is 3. The molecule has 0 bridgehead atoms. The van der Waals surface area contributed by atoms with Crippen molar-refractivity contribution in [1.29, 1.82) is 0 Å². The van der Waals surface area contributed by atoms with Crippen LogP contribution in [0.1, 0.15) is 44.0 Å². The van der Waals surface area contributed by atoms with Gasteiger partial charge in [0.05, 0.1) is 6.54 Å². The largest absolute Gasteiger partial charge is 0.377 e. The lowest BCUT2D eigenvalue weighted by atomic mass is 10.0. The summed E-state index contributed by atoms with van der Waals surface area (Å²) < 4.78 is 11.1. The summed E-state index contributed by atoms with van der Waals surface area (Å²) in [6.45, 7) is 11.7. The lowest BCUT2D eigenvalue weighted by Gasteiger charge is -2.36. The Bertz CT molecular complexity index is 947. The maximum atomic E-state index is 13.6. The van der Waals surface area contributed by atoms with Gasteiger partial charge in [0, 0.05) is 44.5 Å². The van der Waals surface area contributed by atoms with Crippen LogP contribution in [0, 0.1) is 5.92 Å². The number of fused-ring (bicyclic) bond motifs is 1. The lowest BCUT2D eigenvalue weighted by molar-refractivity contribution is -0.138. The van der Waals surface area contributed by atoms with E-state index in [1.807, 2.05) is 38.1 Å². The van der Waals surface area contributed by atoms with Crippen molar-refractivity contribution in [1.82, 2.24) is 15.1 Å². The predicted octanol–water partition coefficient (Wildman–Crippen LogP) is 2.01. The predicted molar refractivity (Wildman–Crippen MR) is 179 cm³/mol. The molecule has 230 valence electrons. The number of benzene rings is 1. The number of carbonyl (C=O) groups excluding carboxylic acids is 3. The molecule has 0 unspecified atom stereocenters. The van der Waals surface area contributed by atoms with Crippen molar-refractivity contribution in [3.63, 3.8) is 0 Å². The number of ether oxygens (including phenoxy) is 2. The smallest absolute Gasteiger partial charge is 0.251 e. The summed E-state index contributed by atoms with van der Waals surface area (Å²) in [6, 6.07) is 6.22. The van der Waals surface area contributed by atoms with Crippen LogP contribution in [-0.2, 0) is 19.1 Å². The molecule has 2 amide bonds. The van der Waals surface area contributed by atoms with Crippen LogP contribution in [0.5, 0.6) is 0 Å². The van der Waals surface area contributed by atoms with E-state index >= 15 is 0 Å². The lowest BCUT2D eigenvalue weighted by Crippen LogP contribution is -2.52. The highest BCUT2D eigenvalue weighted by Crippen LogP contribution is 2.30. The van der Waals surface area contributed by atoms with Gasteiger partial charge in [0.15, 0.2) is 5.78 Å². The molecule has 13 heteroatoms. The molecule has 3 aliphatic heterocycles. The fourth-order valence-corrected chi connectivity index (χ4v) is 5.55. The SMILES string of the molecule is CCCN1CCN(c2ccc(C(=O)N[C@@H](CC(C)C)C(=O)N3C[C@H](OC)[C@H]4OCC(=O)[C@H]43)cc2)CC1.S.S.S.S. The van der Waals surface area contributed by atoms with Crippen LogP contribution in [0.3, 0.4) is 0 Å². The van der Waals surface area contributed by atoms with Crippen molar-refractivity contribution in [3.8, 4) is 0 Å². The second kappa shape index (κ2) is 17.8. The summed E-state index contributed by atoms with van der Waals surface area (Å²) in [5, 5.41) is 2.94. The van der Waals surface area contributed by atoms with Gasteiger partial charge in [-0.1, -0.05) is 20.8 Å². The molecule has 3 fully saturated rings. The molecule has 40 heavy (non-hydrogen) atoms. The third-order valence-corrected chi connectivity index (χ3v) is 7.44. The topological polar surface area (TPSA) is 91.4 Å². The number of amides is 2. The Balaban J connectivity index is 0.00000380. The molecule has 0 saturated carbocycles. The highest BCUT2D eigenvalue weighted by atomic mass is 32.1. The number of Topliss-reactive ketones (excluding diaryl/α,β-unsaturated/α-hetero) is 1. The molecule has 4 atom stereocenters. The Morgan fingerprint density at radius 2 is 1.68 bits per heavy atom. The van der Waals surface area contributed by atoms with Crippen molar-refractivity contribution in [2.45, 2.75) is 57.9 Å². The van der Waals surface area contributed by atoms with Crippen LogP contribution in [-0.4, -0.2) is 105 Å². The van der Waals surface area contributed by atoms with Crippen molar-refractivity contribution in [2.24, 2.45) is 5.92 Å². The average molecular weight is 637 g/mol. The molecule has 0 spiro atoms. The van der Waals surface area contributed by atoms with E-state index < -0.39 is 18.2 Å². The Morgan fingerprint density at radius 3 is 2.23 bits per heavy atom. The number of rotatable bonds is 9. The Morgan fingerprint density at radius 1 is 1.05 bits per heavy atom. The van der Waals surface area contributed by atoms with Crippen molar-refractivity contribution < 1.29 is 23.9 Å². The van der Waals surface area contributed by atoms with Gasteiger partial charge in [-0.25, -0.2) is 0 Å². The summed E-state index contributed by atoms with van der Waals surface area (Å²) in [4.78, 5) is 45.6. The summed E-state index contributed by atoms with van der Waals surface area (Å²) in [7, 11) is 1.56. The third-order valence-electron chi connectivity index (χ3n) is 7.44. The van der Waals surface area contributed by atoms with Crippen LogP contribution >= 0.6 is 54.0 Å². The number of hydrogen-bond acceptors (Lipinski definition) is 7. The Labute approximate surface area is 266 Å². The van der Waals surface area contributed by atoms with Crippen molar-refractivity contribution >= 4 is 77.3 Å². The molecular weight excluding hydrogens is 589 g/mol. The number of nitrogens with one attached hydrogen (secondary N) is 1. The minimum Gasteiger partial charge on any atom is -0.377 e. The molecular formula is C27H48N4O5S4. The summed E-state index contributed by atoms with van der Waals surface area (Å²) >= 11 is 0. The standard InChI is InChI=1S/C27H40N4O5.4H2S/c1-5-10-29-11-13-30(14-12-29)20-8-6-19(7-9-20)26(33)28-21(15-18(2)3)27(34)31-16-23(35-4)25-24(31)22(32)17-36-25;;;;/h6-9,18,21,23-25H,5,10-17H2,1-4H3,(H,28,33);4*1H2/t21-,23-,24+,25+;;;;/m0..../s1. The summed E-state index contributed by atoms with van der Waals surface area (Å²) in [5.74, 6) is -0.484. The van der Waals surface area contributed by atoms with Crippen LogP contribution in [0.4, 0.5) is 5.69 Å². The zero-order chi connectivity index (χ0) is 25.8. The molecule has 1 aromatic rings. The first kappa shape index (κ1) is 38.9. The van der Waals surface area contributed by atoms with Gasteiger partial charge >= 0.3 is 0 Å². The molecule has 0 aliphatic carbocycles. The number of ketones is 1. The van der Waals surface area contributed by atoms with Crippen LogP contribution in [0.2, 0.25) is 0 Å². The molecule has 4 rings (SSSR count). The van der Waals surface area contributed by atoms with Gasteiger partial charge in [0.25, 0.3) is 5.91 Å². The second-order valence-corrected chi connectivity index (χ2v) is 10.5. The van der Waals surface area contributed by atoms with Crippen LogP contribution < -0.4 is 10.2 Å². The molecule has 3 aliphatic rings. The van der Waals surface area contributed by atoms with Gasteiger partial charge in [0.1, 0.15) is 30.9 Å². The number of methoxy groups -OCH3 is 1. The van der Waals surface area contributed by atoms with Crippen LogP contribution in [0.25, 0.3) is 0 Å². The molecule has 1 aromatic carbocycles. The first-order valence-electron chi connectivity index (χ1n) is 13.2. The van der Waals surface area contributed by atoms with Crippen molar-refractivity contribution in [2.75, 3.05) is 57.9 Å². The van der Waals surface area contributed by atoms with E-state index in [4.69, 9.17) is 9.47 Å². The van der Waals surface area contributed by atoms with Gasteiger partial charge in [-0.3, -0.25) is 19.3 Å². The molecule has 0 radical (unpaired) electrons. The Kier molecular flexibility index (Phi) is 17.3. The fraction of sp³-hybridized carbons (Fsp3) is 0.667. The number of likely N-dealkylation sites (tertiary alicyclic amines) is 1. The molecule has 0 aromatic heterocycles. The van der Waals surface area contributed by atoms with Gasteiger partial charge in [-0.05, 0) is 49.6 Å². The second-order valence-electron chi connectivity index (χ2n) is 10.5. The Hall–Kier alpha value is -1.09. The maximum Gasteiger partial charge on any atom is 0.251 e. The first-order chi connectivity index (χ1) is 17.3. The fourth-order valence-electron chi connectivity index (χ4n) is 5.55. The van der Waals surface area contributed by atoms with E-state index in [1.165, 1.54) is 6.42 Å². The first-order valence-corrected chi connectivity index (χ1v) is 13.2. The van der Waals surface area contributed by atoms with E-state index in [9.17, 15) is 14.4 Å². The summed E-state index contributed by atoms with van der Waals surface area (Å²) in [6.07, 6.45) is 0.848. The quantitative estimate of drug-likeness (QED) is 0.444. The van der Waals surface area contributed by atoms with Gasteiger partial charge < -0.3 is 24.6 Å². The summed E-state index contributed by atoms with van der Waals surface area (Å²) in [5.41, 5.74) is 1.62. The molecule has 3 heterocycles. The van der Waals surface area contributed by atoms with Gasteiger partial charge in [-0.2, -0.15) is 54.0 Å². The molecule has 1 N–H and O–H groups in total. The zero-order valence-corrected chi connectivity index (χ0v) is 27.9.